The van der Waals surface area contributed by atoms with E-state index in [9.17, 15) is 9.59 Å². The maximum Gasteiger partial charge on any atom is 0.306 e. The van der Waals surface area contributed by atoms with E-state index in [0.29, 0.717) is 28.9 Å². The number of carbonyl (C=O) groups is 2. The minimum atomic E-state index is -0.933. The third-order valence-corrected chi connectivity index (χ3v) is 3.81. The average Bonchev–Trinajstić information content (AvgIpc) is 2.67. The molecule has 2 rings (SSSR count). The first-order valence-electron chi connectivity index (χ1n) is 5.83. The lowest BCUT2D eigenvalue weighted by molar-refractivity contribution is -0.141. The molecule has 1 atom stereocenters. The van der Waals surface area contributed by atoms with Gasteiger partial charge in [0.25, 0.3) is 5.91 Å². The summed E-state index contributed by atoms with van der Waals surface area (Å²) in [6.07, 6.45) is -0.561. The topological polar surface area (TPSA) is 106 Å². The molecule has 1 aliphatic heterocycles. The molecular formula is C11H15N3O4S. The highest BCUT2D eigenvalue weighted by Crippen LogP contribution is 2.22. The molecule has 1 unspecified atom stereocenters. The second kappa shape index (κ2) is 5.54. The third-order valence-electron chi connectivity index (χ3n) is 2.84. The molecule has 1 saturated heterocycles. The van der Waals surface area contributed by atoms with E-state index in [1.54, 1.807) is 11.8 Å². The fourth-order valence-corrected chi connectivity index (χ4v) is 2.78. The van der Waals surface area contributed by atoms with Crippen LogP contribution in [0.25, 0.3) is 0 Å². The van der Waals surface area contributed by atoms with Gasteiger partial charge in [0.05, 0.1) is 24.8 Å². The molecule has 0 radical (unpaired) electrons. The summed E-state index contributed by atoms with van der Waals surface area (Å²) in [6, 6.07) is 0. The fourth-order valence-electron chi connectivity index (χ4n) is 1.98. The van der Waals surface area contributed by atoms with Gasteiger partial charge in [-0.15, -0.1) is 0 Å². The zero-order valence-electron chi connectivity index (χ0n) is 10.5. The van der Waals surface area contributed by atoms with Gasteiger partial charge < -0.3 is 20.5 Å². The molecule has 1 amide bonds. The number of thiazole rings is 1. The number of nitrogens with zero attached hydrogens (tertiary/aromatic N) is 2. The molecule has 1 aliphatic rings. The summed E-state index contributed by atoms with van der Waals surface area (Å²) in [5.41, 5.74) is 6.18. The number of nitrogens with two attached hydrogens (primary N) is 1. The summed E-state index contributed by atoms with van der Waals surface area (Å²) in [4.78, 5) is 29.1. The van der Waals surface area contributed by atoms with Crippen LogP contribution in [0.3, 0.4) is 0 Å². The summed E-state index contributed by atoms with van der Waals surface area (Å²) in [6.45, 7) is 2.81. The van der Waals surface area contributed by atoms with Crippen molar-refractivity contribution in [1.82, 2.24) is 9.88 Å². The Kier molecular flexibility index (Phi) is 4.01. The first-order valence-corrected chi connectivity index (χ1v) is 6.64. The van der Waals surface area contributed by atoms with Crippen LogP contribution in [0, 0.1) is 6.92 Å². The van der Waals surface area contributed by atoms with Gasteiger partial charge in [-0.25, -0.2) is 4.98 Å². The predicted octanol–water partition coefficient (Wildman–Crippen LogP) is 0.349. The van der Waals surface area contributed by atoms with Crippen LogP contribution in [0.5, 0.6) is 0 Å². The highest BCUT2D eigenvalue weighted by molar-refractivity contribution is 7.17. The quantitative estimate of drug-likeness (QED) is 0.830. The number of carboxylic acid groups (broad SMARTS) is 1. The second-order valence-corrected chi connectivity index (χ2v) is 5.34. The molecule has 0 saturated carbocycles. The van der Waals surface area contributed by atoms with Crippen molar-refractivity contribution in [3.63, 3.8) is 0 Å². The van der Waals surface area contributed by atoms with E-state index in [4.69, 9.17) is 15.6 Å². The maximum absolute atomic E-state index is 12.3. The first kappa shape index (κ1) is 13.8. The number of aromatic nitrogens is 1. The number of hydrogen-bond donors (Lipinski definition) is 2. The Bertz CT molecular complexity index is 502. The number of rotatable bonds is 3. The molecular weight excluding hydrogens is 270 g/mol. The third kappa shape index (κ3) is 3.21. The number of morpholine rings is 1. The van der Waals surface area contributed by atoms with Crippen molar-refractivity contribution in [2.24, 2.45) is 0 Å². The Morgan fingerprint density at radius 3 is 2.95 bits per heavy atom. The molecule has 1 aromatic heterocycles. The van der Waals surface area contributed by atoms with Gasteiger partial charge in [0.1, 0.15) is 4.88 Å². The van der Waals surface area contributed by atoms with Gasteiger partial charge in [-0.3, -0.25) is 9.59 Å². The molecule has 7 nitrogen and oxygen atoms in total. The van der Waals surface area contributed by atoms with E-state index in [2.05, 4.69) is 4.98 Å². The van der Waals surface area contributed by atoms with E-state index < -0.39 is 12.1 Å². The number of anilines is 1. The minimum Gasteiger partial charge on any atom is -0.481 e. The average molecular weight is 285 g/mol. The number of ether oxygens (including phenoxy) is 1. The largest absolute Gasteiger partial charge is 0.481 e. The summed E-state index contributed by atoms with van der Waals surface area (Å²) in [5.74, 6) is -1.09. The van der Waals surface area contributed by atoms with Gasteiger partial charge in [0.15, 0.2) is 5.13 Å². The zero-order valence-corrected chi connectivity index (χ0v) is 11.3. The van der Waals surface area contributed by atoms with Crippen molar-refractivity contribution in [2.75, 3.05) is 25.4 Å². The van der Waals surface area contributed by atoms with Gasteiger partial charge in [-0.2, -0.15) is 0 Å². The van der Waals surface area contributed by atoms with Crippen molar-refractivity contribution < 1.29 is 19.4 Å². The monoisotopic (exact) mass is 285 g/mol. The maximum atomic E-state index is 12.3. The SMILES string of the molecule is Cc1nc(N)sc1C(=O)N1CCOC(CC(=O)O)C1. The van der Waals surface area contributed by atoms with E-state index in [-0.39, 0.29) is 18.9 Å². The Morgan fingerprint density at radius 2 is 2.37 bits per heavy atom. The summed E-state index contributed by atoms with van der Waals surface area (Å²) in [7, 11) is 0. The van der Waals surface area contributed by atoms with E-state index in [1.165, 1.54) is 0 Å². The standard InChI is InChI=1S/C11H15N3O4S/c1-6-9(19-11(12)13-6)10(17)14-2-3-18-7(5-14)4-8(15)16/h7H,2-5H2,1H3,(H2,12,13)(H,15,16). The molecule has 1 aromatic rings. The Labute approximate surface area is 114 Å². The number of amides is 1. The van der Waals surface area contributed by atoms with E-state index >= 15 is 0 Å². The predicted molar refractivity (Wildman–Crippen MR) is 69.2 cm³/mol. The van der Waals surface area contributed by atoms with Crippen LogP contribution < -0.4 is 5.73 Å². The van der Waals surface area contributed by atoms with Crippen LogP contribution in [-0.2, 0) is 9.53 Å². The first-order chi connectivity index (χ1) is 8.97. The van der Waals surface area contributed by atoms with Gasteiger partial charge >= 0.3 is 5.97 Å². The number of nitrogen functional groups attached to an aromatic ring is 1. The Balaban J connectivity index is 2.07. The van der Waals surface area contributed by atoms with Crippen LogP contribution in [0.2, 0.25) is 0 Å². The number of aryl methyl sites for hydroxylation is 1. The smallest absolute Gasteiger partial charge is 0.306 e. The van der Waals surface area contributed by atoms with Crippen LogP contribution in [0.15, 0.2) is 0 Å². The molecule has 0 spiro atoms. The van der Waals surface area contributed by atoms with Crippen LogP contribution in [0.4, 0.5) is 5.13 Å². The van der Waals surface area contributed by atoms with Crippen molar-refractivity contribution in [3.8, 4) is 0 Å². The van der Waals surface area contributed by atoms with Crippen LogP contribution in [0.1, 0.15) is 21.8 Å². The molecule has 104 valence electrons. The molecule has 19 heavy (non-hydrogen) atoms. The van der Waals surface area contributed by atoms with E-state index in [1.807, 2.05) is 0 Å². The van der Waals surface area contributed by atoms with Crippen LogP contribution in [-0.4, -0.2) is 52.7 Å². The summed E-state index contributed by atoms with van der Waals surface area (Å²) < 4.78 is 5.33. The molecule has 0 aromatic carbocycles. The Hall–Kier alpha value is -1.67. The molecule has 0 aliphatic carbocycles. The summed E-state index contributed by atoms with van der Waals surface area (Å²) >= 11 is 1.15. The second-order valence-electron chi connectivity index (χ2n) is 4.31. The van der Waals surface area contributed by atoms with Crippen molar-refractivity contribution in [3.05, 3.63) is 10.6 Å². The van der Waals surface area contributed by atoms with E-state index in [0.717, 1.165) is 11.3 Å². The molecule has 1 fully saturated rings. The number of carbonyl (C=O) groups excluding carboxylic acids is 1. The van der Waals surface area contributed by atoms with Gasteiger partial charge in [0.2, 0.25) is 0 Å². The normalized spacial score (nSPS) is 19.4. The molecule has 0 bridgehead atoms. The summed E-state index contributed by atoms with van der Waals surface area (Å²) in [5, 5.41) is 9.10. The van der Waals surface area contributed by atoms with Gasteiger partial charge in [0, 0.05) is 13.1 Å². The zero-order chi connectivity index (χ0) is 14.0. The Morgan fingerprint density at radius 1 is 1.63 bits per heavy atom. The van der Waals surface area contributed by atoms with Crippen molar-refractivity contribution in [1.29, 1.82) is 0 Å². The molecule has 3 N–H and O–H groups in total. The highest BCUT2D eigenvalue weighted by Gasteiger charge is 2.28. The lowest BCUT2D eigenvalue weighted by Crippen LogP contribution is -2.46. The number of hydrogen-bond acceptors (Lipinski definition) is 6. The lowest BCUT2D eigenvalue weighted by Gasteiger charge is -2.32. The van der Waals surface area contributed by atoms with Gasteiger partial charge in [-0.1, -0.05) is 11.3 Å². The van der Waals surface area contributed by atoms with Crippen molar-refractivity contribution in [2.45, 2.75) is 19.4 Å². The minimum absolute atomic E-state index is 0.104. The van der Waals surface area contributed by atoms with Crippen molar-refractivity contribution >= 4 is 28.3 Å². The highest BCUT2D eigenvalue weighted by atomic mass is 32.1. The molecule has 2 heterocycles. The lowest BCUT2D eigenvalue weighted by atomic mass is 10.2. The fraction of sp³-hybridized carbons (Fsp3) is 0.545. The number of aliphatic carboxylic acids is 1. The number of carboxylic acids is 1. The van der Waals surface area contributed by atoms with Gasteiger partial charge in [-0.05, 0) is 6.92 Å². The molecule has 8 heteroatoms. The van der Waals surface area contributed by atoms with Crippen LogP contribution >= 0.6 is 11.3 Å².